The Morgan fingerprint density at radius 1 is 1.14 bits per heavy atom. The van der Waals surface area contributed by atoms with Crippen LogP contribution in [0.3, 0.4) is 0 Å². The van der Waals surface area contributed by atoms with E-state index in [2.05, 4.69) is 15.0 Å². The van der Waals surface area contributed by atoms with E-state index in [-0.39, 0.29) is 0 Å². The van der Waals surface area contributed by atoms with Gasteiger partial charge in [-0.3, -0.25) is 4.68 Å². The highest BCUT2D eigenvalue weighted by atomic mass is 16.5. The molecule has 3 heterocycles. The van der Waals surface area contributed by atoms with Crippen molar-refractivity contribution in [2.24, 2.45) is 11.7 Å². The normalized spacial score (nSPS) is 27.8. The fraction of sp³-hybridized carbons (Fsp3) is 0.667. The third-order valence-electron chi connectivity index (χ3n) is 6.37. The van der Waals surface area contributed by atoms with Crippen molar-refractivity contribution in [3.63, 3.8) is 0 Å². The second kappa shape index (κ2) is 7.79. The summed E-state index contributed by atoms with van der Waals surface area (Å²) in [5.41, 5.74) is 9.45. The van der Waals surface area contributed by atoms with E-state index in [1.807, 2.05) is 18.5 Å². The van der Waals surface area contributed by atoms with Crippen molar-refractivity contribution >= 4 is 5.95 Å². The first kappa shape index (κ1) is 18.1. The molecule has 0 unspecified atom stereocenters. The first-order valence-corrected chi connectivity index (χ1v) is 10.8. The Hall–Kier alpha value is -1.99. The number of anilines is 1. The van der Waals surface area contributed by atoms with Gasteiger partial charge < -0.3 is 15.8 Å². The molecular formula is C21H30N6O. The van der Waals surface area contributed by atoms with Gasteiger partial charge in [0.25, 0.3) is 0 Å². The van der Waals surface area contributed by atoms with Gasteiger partial charge >= 0.3 is 0 Å². The molecule has 0 bridgehead atoms. The number of nitrogens with two attached hydrogens (primary N) is 1. The van der Waals surface area contributed by atoms with E-state index in [1.54, 1.807) is 0 Å². The van der Waals surface area contributed by atoms with Crippen molar-refractivity contribution in [2.75, 3.05) is 18.5 Å². The number of aromatic nitrogens is 4. The lowest BCUT2D eigenvalue weighted by Gasteiger charge is -2.26. The highest BCUT2D eigenvalue weighted by Crippen LogP contribution is 2.37. The number of nitrogens with zero attached hydrogens (tertiary/aromatic N) is 4. The van der Waals surface area contributed by atoms with Crippen LogP contribution in [0.25, 0.3) is 11.3 Å². The van der Waals surface area contributed by atoms with Crippen molar-refractivity contribution in [3.8, 4) is 11.3 Å². The van der Waals surface area contributed by atoms with Crippen LogP contribution in [0.5, 0.6) is 0 Å². The average molecular weight is 383 g/mol. The first-order valence-electron chi connectivity index (χ1n) is 10.8. The lowest BCUT2D eigenvalue weighted by atomic mass is 9.92. The monoisotopic (exact) mass is 382 g/mol. The topological polar surface area (TPSA) is 90.9 Å². The quantitative estimate of drug-likeness (QED) is 0.798. The van der Waals surface area contributed by atoms with Gasteiger partial charge in [-0.25, -0.2) is 9.97 Å². The van der Waals surface area contributed by atoms with Crippen molar-refractivity contribution in [3.05, 3.63) is 24.2 Å². The van der Waals surface area contributed by atoms with Crippen LogP contribution in [0.2, 0.25) is 0 Å². The second-order valence-corrected chi connectivity index (χ2v) is 8.64. The molecule has 2 aromatic rings. The van der Waals surface area contributed by atoms with Crippen LogP contribution >= 0.6 is 0 Å². The smallest absolute Gasteiger partial charge is 0.223 e. The van der Waals surface area contributed by atoms with E-state index in [9.17, 15) is 0 Å². The minimum absolute atomic E-state index is 0.348. The van der Waals surface area contributed by atoms with Gasteiger partial charge in [0.2, 0.25) is 5.95 Å². The molecule has 1 saturated heterocycles. The molecule has 28 heavy (non-hydrogen) atoms. The molecule has 1 atom stereocenters. The van der Waals surface area contributed by atoms with Crippen molar-refractivity contribution in [1.82, 2.24) is 19.7 Å². The molecule has 0 amide bonds. The number of rotatable bonds is 6. The molecule has 2 saturated carbocycles. The van der Waals surface area contributed by atoms with Crippen LogP contribution in [0.1, 0.15) is 56.7 Å². The summed E-state index contributed by atoms with van der Waals surface area (Å²) in [6.45, 7) is 1.59. The summed E-state index contributed by atoms with van der Waals surface area (Å²) in [5.74, 6) is 1.51. The van der Waals surface area contributed by atoms with Gasteiger partial charge in [0.1, 0.15) is 0 Å². The zero-order chi connectivity index (χ0) is 18.9. The lowest BCUT2D eigenvalue weighted by Crippen LogP contribution is -2.33. The van der Waals surface area contributed by atoms with Crippen LogP contribution < -0.4 is 11.1 Å². The van der Waals surface area contributed by atoms with Gasteiger partial charge in [-0.1, -0.05) is 0 Å². The predicted octanol–water partition coefficient (Wildman–Crippen LogP) is 2.94. The summed E-state index contributed by atoms with van der Waals surface area (Å²) in [7, 11) is 0. The fourth-order valence-corrected chi connectivity index (χ4v) is 4.45. The minimum Gasteiger partial charge on any atom is -0.379 e. The van der Waals surface area contributed by atoms with Gasteiger partial charge in [0.05, 0.1) is 24.5 Å². The standard InChI is InChI=1S/C21H30N6O/c22-15-3-5-16(6-4-15)25-21-23-9-7-19(26-21)18-12-24-27(17-8-10-28-13-17)20(18)11-14-1-2-14/h7,9,12,14-17H,1-6,8,10-11,13,22H2,(H,23,25,26)/t15-,16-,17-/m1/s1. The Kier molecular flexibility index (Phi) is 5.03. The average Bonchev–Trinajstić information content (AvgIpc) is 3.18. The van der Waals surface area contributed by atoms with Crippen LogP contribution in [-0.2, 0) is 11.2 Å². The Balaban J connectivity index is 1.39. The van der Waals surface area contributed by atoms with E-state index in [1.165, 1.54) is 18.5 Å². The molecule has 3 fully saturated rings. The summed E-state index contributed by atoms with van der Waals surface area (Å²) in [5, 5.41) is 8.27. The zero-order valence-corrected chi connectivity index (χ0v) is 16.4. The molecule has 7 heteroatoms. The molecule has 150 valence electrons. The Bertz CT molecular complexity index is 803. The number of hydrogen-bond donors (Lipinski definition) is 2. The first-order chi connectivity index (χ1) is 13.8. The molecular weight excluding hydrogens is 352 g/mol. The molecule has 5 rings (SSSR count). The summed E-state index contributed by atoms with van der Waals surface area (Å²) in [6, 6.07) is 3.12. The molecule has 0 radical (unpaired) electrons. The maximum Gasteiger partial charge on any atom is 0.223 e. The van der Waals surface area contributed by atoms with Crippen molar-refractivity contribution < 1.29 is 4.74 Å². The van der Waals surface area contributed by atoms with Crippen molar-refractivity contribution in [1.29, 1.82) is 0 Å². The summed E-state index contributed by atoms with van der Waals surface area (Å²) in [6.07, 6.45) is 12.9. The molecule has 2 aliphatic carbocycles. The minimum atomic E-state index is 0.348. The largest absolute Gasteiger partial charge is 0.379 e. The third-order valence-corrected chi connectivity index (χ3v) is 6.37. The highest BCUT2D eigenvalue weighted by Gasteiger charge is 2.29. The Labute approximate surface area is 166 Å². The lowest BCUT2D eigenvalue weighted by molar-refractivity contribution is 0.184. The van der Waals surface area contributed by atoms with Gasteiger partial charge in [-0.05, 0) is 63.4 Å². The number of hydrogen-bond acceptors (Lipinski definition) is 6. The Morgan fingerprint density at radius 3 is 2.75 bits per heavy atom. The third kappa shape index (κ3) is 3.91. The fourth-order valence-electron chi connectivity index (χ4n) is 4.45. The van der Waals surface area contributed by atoms with Crippen LogP contribution in [0, 0.1) is 5.92 Å². The van der Waals surface area contributed by atoms with Gasteiger partial charge in [0.15, 0.2) is 0 Å². The molecule has 3 aliphatic rings. The SMILES string of the molecule is N[C@H]1CC[C@H](Nc2nccc(-c3cnn([C@@H]4CCOC4)c3CC3CC3)n2)CC1. The van der Waals surface area contributed by atoms with E-state index in [4.69, 9.17) is 20.6 Å². The molecule has 0 spiro atoms. The van der Waals surface area contributed by atoms with Crippen LogP contribution in [-0.4, -0.2) is 45.0 Å². The van der Waals surface area contributed by atoms with E-state index in [0.717, 1.165) is 68.9 Å². The molecule has 2 aromatic heterocycles. The van der Waals surface area contributed by atoms with E-state index in [0.29, 0.717) is 24.1 Å². The summed E-state index contributed by atoms with van der Waals surface area (Å²) in [4.78, 5) is 9.31. The zero-order valence-electron chi connectivity index (χ0n) is 16.4. The molecule has 0 aromatic carbocycles. The maximum atomic E-state index is 6.03. The van der Waals surface area contributed by atoms with Gasteiger partial charge in [0, 0.05) is 36.1 Å². The molecule has 7 nitrogen and oxygen atoms in total. The van der Waals surface area contributed by atoms with Crippen molar-refractivity contribution in [2.45, 2.75) is 69.5 Å². The Morgan fingerprint density at radius 2 is 2.00 bits per heavy atom. The van der Waals surface area contributed by atoms with Gasteiger partial charge in [-0.2, -0.15) is 5.10 Å². The van der Waals surface area contributed by atoms with E-state index < -0.39 is 0 Å². The summed E-state index contributed by atoms with van der Waals surface area (Å²) >= 11 is 0. The van der Waals surface area contributed by atoms with Crippen LogP contribution in [0.4, 0.5) is 5.95 Å². The van der Waals surface area contributed by atoms with Crippen LogP contribution in [0.15, 0.2) is 18.5 Å². The summed E-state index contributed by atoms with van der Waals surface area (Å²) < 4.78 is 7.81. The molecule has 3 N–H and O–H groups in total. The number of nitrogens with one attached hydrogen (secondary N) is 1. The predicted molar refractivity (Wildman–Crippen MR) is 108 cm³/mol. The molecule has 1 aliphatic heterocycles. The van der Waals surface area contributed by atoms with Gasteiger partial charge in [-0.15, -0.1) is 0 Å². The van der Waals surface area contributed by atoms with E-state index >= 15 is 0 Å². The number of ether oxygens (including phenoxy) is 1. The highest BCUT2D eigenvalue weighted by molar-refractivity contribution is 5.62. The second-order valence-electron chi connectivity index (χ2n) is 8.64. The maximum absolute atomic E-state index is 6.03.